The third-order valence-electron chi connectivity index (χ3n) is 2.68. The van der Waals surface area contributed by atoms with Crippen LogP contribution in [0.2, 0.25) is 0 Å². The largest absolute Gasteiger partial charge is 0.480 e. The average molecular weight is 239 g/mol. The summed E-state index contributed by atoms with van der Waals surface area (Å²) in [6, 6.07) is 4.20. The lowest BCUT2D eigenvalue weighted by molar-refractivity contribution is -0.140. The fourth-order valence-electron chi connectivity index (χ4n) is 1.65. The SMILES string of the molecule is Cc1cc(CNC(C(=O)O)C(C)C)ccc1F. The quantitative estimate of drug-likeness (QED) is 0.829. The van der Waals surface area contributed by atoms with E-state index in [0.717, 1.165) is 5.56 Å². The fraction of sp³-hybridized carbons (Fsp3) is 0.462. The molecule has 0 heterocycles. The van der Waals surface area contributed by atoms with Crippen LogP contribution in [0.1, 0.15) is 25.0 Å². The monoisotopic (exact) mass is 239 g/mol. The summed E-state index contributed by atoms with van der Waals surface area (Å²) in [5, 5.41) is 12.0. The van der Waals surface area contributed by atoms with Crippen LogP contribution in [0.5, 0.6) is 0 Å². The minimum atomic E-state index is -0.862. The first-order chi connectivity index (χ1) is 7.91. The molecular weight excluding hydrogens is 221 g/mol. The number of rotatable bonds is 5. The Morgan fingerprint density at radius 2 is 2.12 bits per heavy atom. The molecule has 1 aromatic rings. The number of halogens is 1. The molecule has 2 N–H and O–H groups in total. The molecule has 0 saturated carbocycles. The van der Waals surface area contributed by atoms with E-state index in [1.165, 1.54) is 6.07 Å². The molecule has 17 heavy (non-hydrogen) atoms. The van der Waals surface area contributed by atoms with E-state index >= 15 is 0 Å². The molecule has 0 amide bonds. The Labute approximate surface area is 101 Å². The zero-order valence-electron chi connectivity index (χ0n) is 10.3. The Morgan fingerprint density at radius 3 is 2.59 bits per heavy atom. The van der Waals surface area contributed by atoms with Crippen LogP contribution in [0, 0.1) is 18.7 Å². The van der Waals surface area contributed by atoms with Gasteiger partial charge in [0.1, 0.15) is 11.9 Å². The van der Waals surface area contributed by atoms with E-state index in [4.69, 9.17) is 5.11 Å². The van der Waals surface area contributed by atoms with Gasteiger partial charge in [0.25, 0.3) is 0 Å². The molecule has 1 rings (SSSR count). The number of carboxylic acids is 1. The maximum absolute atomic E-state index is 13.0. The molecule has 1 aromatic carbocycles. The van der Waals surface area contributed by atoms with E-state index in [0.29, 0.717) is 12.1 Å². The van der Waals surface area contributed by atoms with Crippen LogP contribution in [-0.4, -0.2) is 17.1 Å². The second kappa shape index (κ2) is 5.77. The van der Waals surface area contributed by atoms with E-state index in [1.807, 2.05) is 13.8 Å². The molecule has 0 fully saturated rings. The molecule has 94 valence electrons. The Hall–Kier alpha value is -1.42. The zero-order valence-corrected chi connectivity index (χ0v) is 10.3. The molecule has 0 aromatic heterocycles. The number of aliphatic carboxylic acids is 1. The molecule has 0 radical (unpaired) electrons. The van der Waals surface area contributed by atoms with Gasteiger partial charge < -0.3 is 10.4 Å². The normalized spacial score (nSPS) is 12.8. The van der Waals surface area contributed by atoms with Gasteiger partial charge in [-0.1, -0.05) is 26.0 Å². The average Bonchev–Trinajstić information content (AvgIpc) is 2.22. The van der Waals surface area contributed by atoms with Crippen molar-refractivity contribution in [1.29, 1.82) is 0 Å². The first-order valence-electron chi connectivity index (χ1n) is 5.63. The van der Waals surface area contributed by atoms with Gasteiger partial charge in [-0.2, -0.15) is 0 Å². The minimum Gasteiger partial charge on any atom is -0.480 e. The summed E-state index contributed by atoms with van der Waals surface area (Å²) >= 11 is 0. The molecule has 0 saturated heterocycles. The van der Waals surface area contributed by atoms with E-state index in [9.17, 15) is 9.18 Å². The molecule has 0 spiro atoms. The van der Waals surface area contributed by atoms with Gasteiger partial charge >= 0.3 is 5.97 Å². The Bertz CT molecular complexity index is 404. The van der Waals surface area contributed by atoms with Crippen molar-refractivity contribution in [1.82, 2.24) is 5.32 Å². The van der Waals surface area contributed by atoms with Gasteiger partial charge in [-0.05, 0) is 30.0 Å². The van der Waals surface area contributed by atoms with Crippen molar-refractivity contribution in [3.63, 3.8) is 0 Å². The van der Waals surface area contributed by atoms with Gasteiger partial charge in [-0.3, -0.25) is 4.79 Å². The predicted octanol–water partition coefficient (Wildman–Crippen LogP) is 2.33. The molecule has 0 aliphatic carbocycles. The van der Waals surface area contributed by atoms with Crippen molar-refractivity contribution < 1.29 is 14.3 Å². The maximum atomic E-state index is 13.0. The van der Waals surface area contributed by atoms with Gasteiger partial charge in [0.05, 0.1) is 0 Å². The second-order valence-electron chi connectivity index (χ2n) is 4.52. The number of carboxylic acid groups (broad SMARTS) is 1. The van der Waals surface area contributed by atoms with E-state index in [2.05, 4.69) is 5.32 Å². The van der Waals surface area contributed by atoms with Gasteiger partial charge in [0.15, 0.2) is 0 Å². The molecular formula is C13H18FNO2. The van der Waals surface area contributed by atoms with Crippen LogP contribution in [0.25, 0.3) is 0 Å². The Kier molecular flexibility index (Phi) is 4.63. The molecule has 3 nitrogen and oxygen atoms in total. The summed E-state index contributed by atoms with van der Waals surface area (Å²) in [6.45, 7) is 5.82. The Morgan fingerprint density at radius 1 is 1.47 bits per heavy atom. The van der Waals surface area contributed by atoms with E-state index in [1.54, 1.807) is 19.1 Å². The number of nitrogens with one attached hydrogen (secondary N) is 1. The maximum Gasteiger partial charge on any atom is 0.320 e. The lowest BCUT2D eigenvalue weighted by Gasteiger charge is -2.18. The molecule has 0 aliphatic rings. The molecule has 0 aliphatic heterocycles. The number of carbonyl (C=O) groups is 1. The van der Waals surface area contributed by atoms with Crippen molar-refractivity contribution in [3.8, 4) is 0 Å². The van der Waals surface area contributed by atoms with E-state index < -0.39 is 12.0 Å². The van der Waals surface area contributed by atoms with Gasteiger partial charge in [0, 0.05) is 6.54 Å². The third kappa shape index (κ3) is 3.82. The smallest absolute Gasteiger partial charge is 0.320 e. The van der Waals surface area contributed by atoms with Gasteiger partial charge in [0.2, 0.25) is 0 Å². The summed E-state index contributed by atoms with van der Waals surface area (Å²) in [6.07, 6.45) is 0. The van der Waals surface area contributed by atoms with Crippen molar-refractivity contribution in [2.45, 2.75) is 33.4 Å². The highest BCUT2D eigenvalue weighted by molar-refractivity contribution is 5.73. The highest BCUT2D eigenvalue weighted by Gasteiger charge is 2.20. The summed E-state index contributed by atoms with van der Waals surface area (Å²) in [7, 11) is 0. The lowest BCUT2D eigenvalue weighted by Crippen LogP contribution is -2.40. The van der Waals surface area contributed by atoms with Crippen molar-refractivity contribution in [2.75, 3.05) is 0 Å². The Balaban J connectivity index is 2.65. The molecule has 4 heteroatoms. The standard InChI is InChI=1S/C13H18FNO2/c1-8(2)12(13(16)17)15-7-10-4-5-11(14)9(3)6-10/h4-6,8,12,15H,7H2,1-3H3,(H,16,17). The van der Waals surface area contributed by atoms with Gasteiger partial charge in [-0.25, -0.2) is 4.39 Å². The third-order valence-corrected chi connectivity index (χ3v) is 2.68. The summed E-state index contributed by atoms with van der Waals surface area (Å²) < 4.78 is 13.0. The van der Waals surface area contributed by atoms with E-state index in [-0.39, 0.29) is 11.7 Å². The van der Waals surface area contributed by atoms with Gasteiger partial charge in [-0.15, -0.1) is 0 Å². The van der Waals surface area contributed by atoms with Crippen LogP contribution in [0.4, 0.5) is 4.39 Å². The second-order valence-corrected chi connectivity index (χ2v) is 4.52. The summed E-state index contributed by atoms with van der Waals surface area (Å²) in [4.78, 5) is 11.0. The highest BCUT2D eigenvalue weighted by Crippen LogP contribution is 2.10. The van der Waals surface area contributed by atoms with Crippen LogP contribution in [-0.2, 0) is 11.3 Å². The molecule has 1 atom stereocenters. The minimum absolute atomic E-state index is 0.00838. The zero-order chi connectivity index (χ0) is 13.0. The van der Waals surface area contributed by atoms with Crippen molar-refractivity contribution in [3.05, 3.63) is 35.1 Å². The number of hydrogen-bond acceptors (Lipinski definition) is 2. The van der Waals surface area contributed by atoms with Crippen molar-refractivity contribution in [2.24, 2.45) is 5.92 Å². The summed E-state index contributed by atoms with van der Waals surface area (Å²) in [5.41, 5.74) is 1.46. The molecule has 1 unspecified atom stereocenters. The topological polar surface area (TPSA) is 49.3 Å². The first kappa shape index (κ1) is 13.6. The fourth-order valence-corrected chi connectivity index (χ4v) is 1.65. The van der Waals surface area contributed by atoms with Crippen LogP contribution >= 0.6 is 0 Å². The first-order valence-corrected chi connectivity index (χ1v) is 5.63. The van der Waals surface area contributed by atoms with Crippen LogP contribution in [0.3, 0.4) is 0 Å². The highest BCUT2D eigenvalue weighted by atomic mass is 19.1. The number of hydrogen-bond donors (Lipinski definition) is 2. The van der Waals surface area contributed by atoms with Crippen molar-refractivity contribution >= 4 is 5.97 Å². The molecule has 0 bridgehead atoms. The van der Waals surface area contributed by atoms with Crippen LogP contribution < -0.4 is 5.32 Å². The number of benzene rings is 1. The summed E-state index contributed by atoms with van der Waals surface area (Å²) in [5.74, 6) is -1.10. The predicted molar refractivity (Wildman–Crippen MR) is 64.2 cm³/mol. The lowest BCUT2D eigenvalue weighted by atomic mass is 10.0. The number of aryl methyl sites for hydroxylation is 1. The van der Waals surface area contributed by atoms with Crippen LogP contribution in [0.15, 0.2) is 18.2 Å².